The predicted octanol–water partition coefficient (Wildman–Crippen LogP) is 0.476. The van der Waals surface area contributed by atoms with E-state index in [-0.39, 0.29) is 12.2 Å². The average Bonchev–Trinajstić information content (AvgIpc) is 2.05. The maximum Gasteiger partial charge on any atom is 0.0957 e. The third-order valence-electron chi connectivity index (χ3n) is 2.59. The minimum Gasteiger partial charge on any atom is -0.390 e. The highest BCUT2D eigenvalue weighted by Crippen LogP contribution is 2.15. The summed E-state index contributed by atoms with van der Waals surface area (Å²) in [6, 6.07) is 0.551. The lowest BCUT2D eigenvalue weighted by Crippen LogP contribution is -2.49. The molecule has 12 heavy (non-hydrogen) atoms. The molecule has 0 radical (unpaired) electrons. The molecular weight excluding hydrogens is 154 g/mol. The Kier molecular flexibility index (Phi) is 3.50. The number of methoxy groups -OCH3 is 1. The van der Waals surface area contributed by atoms with Crippen molar-refractivity contribution in [2.75, 3.05) is 20.2 Å². The summed E-state index contributed by atoms with van der Waals surface area (Å²) in [6.07, 6.45) is 0.558. The van der Waals surface area contributed by atoms with Gasteiger partial charge in [-0.15, -0.1) is 0 Å². The molecule has 1 heterocycles. The summed E-state index contributed by atoms with van der Waals surface area (Å²) in [4.78, 5) is 2.33. The fourth-order valence-corrected chi connectivity index (χ4v) is 1.63. The van der Waals surface area contributed by atoms with Gasteiger partial charge in [-0.1, -0.05) is 0 Å². The smallest absolute Gasteiger partial charge is 0.0957 e. The van der Waals surface area contributed by atoms with Crippen LogP contribution < -0.4 is 0 Å². The molecule has 0 aliphatic carbocycles. The molecule has 72 valence electrons. The van der Waals surface area contributed by atoms with E-state index >= 15 is 0 Å². The number of ether oxygens (including phenoxy) is 1. The van der Waals surface area contributed by atoms with Gasteiger partial charge >= 0.3 is 0 Å². The van der Waals surface area contributed by atoms with E-state index in [0.717, 1.165) is 19.5 Å². The second kappa shape index (κ2) is 4.21. The van der Waals surface area contributed by atoms with Gasteiger partial charge in [0.05, 0.1) is 12.2 Å². The number of nitrogens with zero attached hydrogens (tertiary/aromatic N) is 1. The summed E-state index contributed by atoms with van der Waals surface area (Å²) in [7, 11) is 1.66. The van der Waals surface area contributed by atoms with Crippen molar-refractivity contribution in [2.45, 2.75) is 38.5 Å². The van der Waals surface area contributed by atoms with Crippen LogP contribution in [0, 0.1) is 0 Å². The third kappa shape index (κ3) is 2.19. The van der Waals surface area contributed by atoms with Crippen LogP contribution in [0.4, 0.5) is 0 Å². The normalized spacial score (nSPS) is 32.8. The third-order valence-corrected chi connectivity index (χ3v) is 2.59. The highest BCUT2D eigenvalue weighted by atomic mass is 16.5. The van der Waals surface area contributed by atoms with Gasteiger partial charge < -0.3 is 9.84 Å². The molecule has 1 N–H and O–H groups in total. The SMILES string of the molecule is COC1CN(C(C)C)CCC1O. The van der Waals surface area contributed by atoms with Crippen molar-refractivity contribution in [1.82, 2.24) is 4.90 Å². The maximum absolute atomic E-state index is 9.52. The lowest BCUT2D eigenvalue weighted by molar-refractivity contribution is -0.0668. The molecule has 0 aromatic heterocycles. The Morgan fingerprint density at radius 3 is 2.67 bits per heavy atom. The predicted molar refractivity (Wildman–Crippen MR) is 48.1 cm³/mol. The molecule has 0 amide bonds. The zero-order chi connectivity index (χ0) is 9.14. The Morgan fingerprint density at radius 2 is 2.17 bits per heavy atom. The quantitative estimate of drug-likeness (QED) is 0.659. The molecule has 3 nitrogen and oxygen atoms in total. The van der Waals surface area contributed by atoms with Crippen LogP contribution in [-0.2, 0) is 4.74 Å². The molecule has 0 aromatic rings. The Morgan fingerprint density at radius 1 is 1.50 bits per heavy atom. The van der Waals surface area contributed by atoms with Gasteiger partial charge in [0, 0.05) is 26.2 Å². The van der Waals surface area contributed by atoms with E-state index in [2.05, 4.69) is 18.7 Å². The van der Waals surface area contributed by atoms with Crippen LogP contribution >= 0.6 is 0 Å². The van der Waals surface area contributed by atoms with Crippen LogP contribution in [-0.4, -0.2) is 48.5 Å². The highest BCUT2D eigenvalue weighted by Gasteiger charge is 2.28. The number of piperidine rings is 1. The summed E-state index contributed by atoms with van der Waals surface area (Å²) in [5.41, 5.74) is 0. The first-order chi connectivity index (χ1) is 5.65. The van der Waals surface area contributed by atoms with Crippen molar-refractivity contribution < 1.29 is 9.84 Å². The average molecular weight is 173 g/mol. The second-order valence-electron chi connectivity index (χ2n) is 3.72. The molecule has 3 heteroatoms. The highest BCUT2D eigenvalue weighted by molar-refractivity contribution is 4.81. The van der Waals surface area contributed by atoms with Crippen molar-refractivity contribution in [3.8, 4) is 0 Å². The first-order valence-electron chi connectivity index (χ1n) is 4.60. The summed E-state index contributed by atoms with van der Waals surface area (Å²) in [6.45, 7) is 6.18. The van der Waals surface area contributed by atoms with Crippen LogP contribution in [0.25, 0.3) is 0 Å². The molecule has 1 aliphatic heterocycles. The topological polar surface area (TPSA) is 32.7 Å². The van der Waals surface area contributed by atoms with Crippen molar-refractivity contribution in [1.29, 1.82) is 0 Å². The summed E-state index contributed by atoms with van der Waals surface area (Å²) < 4.78 is 5.19. The monoisotopic (exact) mass is 173 g/mol. The lowest BCUT2D eigenvalue weighted by atomic mass is 10.0. The number of aliphatic hydroxyl groups is 1. The zero-order valence-corrected chi connectivity index (χ0v) is 8.16. The summed E-state index contributed by atoms with van der Waals surface area (Å²) in [5, 5.41) is 9.52. The van der Waals surface area contributed by atoms with Gasteiger partial charge in [-0.25, -0.2) is 0 Å². The number of aliphatic hydroxyl groups excluding tert-OH is 1. The first-order valence-corrected chi connectivity index (χ1v) is 4.60. The maximum atomic E-state index is 9.52. The van der Waals surface area contributed by atoms with Crippen LogP contribution in [0.2, 0.25) is 0 Å². The molecule has 1 fully saturated rings. The molecule has 2 unspecified atom stereocenters. The second-order valence-corrected chi connectivity index (χ2v) is 3.72. The standard InChI is InChI=1S/C9H19NO2/c1-7(2)10-5-4-8(11)9(6-10)12-3/h7-9,11H,4-6H2,1-3H3. The summed E-state index contributed by atoms with van der Waals surface area (Å²) in [5.74, 6) is 0. The van der Waals surface area contributed by atoms with E-state index in [4.69, 9.17) is 4.74 Å². The minimum atomic E-state index is -0.273. The Bertz CT molecular complexity index is 138. The van der Waals surface area contributed by atoms with E-state index in [1.165, 1.54) is 0 Å². The van der Waals surface area contributed by atoms with Crippen LogP contribution in [0.15, 0.2) is 0 Å². The Balaban J connectivity index is 2.44. The van der Waals surface area contributed by atoms with Crippen molar-refractivity contribution in [3.63, 3.8) is 0 Å². The lowest BCUT2D eigenvalue weighted by Gasteiger charge is -2.37. The molecular formula is C9H19NO2. The van der Waals surface area contributed by atoms with Crippen LogP contribution in [0.5, 0.6) is 0 Å². The van der Waals surface area contributed by atoms with Gasteiger partial charge in [-0.05, 0) is 20.3 Å². The van der Waals surface area contributed by atoms with Crippen molar-refractivity contribution in [3.05, 3.63) is 0 Å². The molecule has 2 atom stereocenters. The summed E-state index contributed by atoms with van der Waals surface area (Å²) >= 11 is 0. The van der Waals surface area contributed by atoms with Gasteiger partial charge in [-0.2, -0.15) is 0 Å². The number of hydrogen-bond acceptors (Lipinski definition) is 3. The fourth-order valence-electron chi connectivity index (χ4n) is 1.63. The minimum absolute atomic E-state index is 0.00106. The largest absolute Gasteiger partial charge is 0.390 e. The number of rotatable bonds is 2. The molecule has 0 spiro atoms. The number of hydrogen-bond donors (Lipinski definition) is 1. The van der Waals surface area contributed by atoms with Crippen LogP contribution in [0.3, 0.4) is 0 Å². The van der Waals surface area contributed by atoms with Gasteiger partial charge in [0.15, 0.2) is 0 Å². The van der Waals surface area contributed by atoms with Gasteiger partial charge in [0.2, 0.25) is 0 Å². The van der Waals surface area contributed by atoms with E-state index in [1.54, 1.807) is 7.11 Å². The van der Waals surface area contributed by atoms with Gasteiger partial charge in [0.1, 0.15) is 0 Å². The van der Waals surface area contributed by atoms with E-state index in [9.17, 15) is 5.11 Å². The molecule has 1 saturated heterocycles. The Hall–Kier alpha value is -0.120. The molecule has 0 bridgehead atoms. The van der Waals surface area contributed by atoms with E-state index in [1.807, 2.05) is 0 Å². The van der Waals surface area contributed by atoms with Gasteiger partial charge in [-0.3, -0.25) is 4.90 Å². The van der Waals surface area contributed by atoms with E-state index in [0.29, 0.717) is 6.04 Å². The first kappa shape index (κ1) is 9.96. The molecule has 1 aliphatic rings. The van der Waals surface area contributed by atoms with Crippen molar-refractivity contribution in [2.24, 2.45) is 0 Å². The van der Waals surface area contributed by atoms with Gasteiger partial charge in [0.25, 0.3) is 0 Å². The molecule has 1 rings (SSSR count). The zero-order valence-electron chi connectivity index (χ0n) is 8.16. The number of likely N-dealkylation sites (tertiary alicyclic amines) is 1. The van der Waals surface area contributed by atoms with Crippen LogP contribution in [0.1, 0.15) is 20.3 Å². The van der Waals surface area contributed by atoms with E-state index < -0.39 is 0 Å². The fraction of sp³-hybridized carbons (Fsp3) is 1.00. The Labute approximate surface area is 74.3 Å². The molecule has 0 saturated carbocycles. The molecule has 0 aromatic carbocycles. The van der Waals surface area contributed by atoms with Crippen molar-refractivity contribution >= 4 is 0 Å².